The molecule has 0 unspecified atom stereocenters. The minimum atomic E-state index is -0.0992. The van der Waals surface area contributed by atoms with Gasteiger partial charge in [-0.2, -0.15) is 5.26 Å². The van der Waals surface area contributed by atoms with Crippen molar-refractivity contribution in [3.8, 4) is 6.07 Å². The van der Waals surface area contributed by atoms with Crippen LogP contribution in [0.2, 0.25) is 0 Å². The summed E-state index contributed by atoms with van der Waals surface area (Å²) in [5.41, 5.74) is 1.03. The van der Waals surface area contributed by atoms with Crippen LogP contribution in [0.5, 0.6) is 0 Å². The summed E-state index contributed by atoms with van der Waals surface area (Å²) in [7, 11) is 2.03. The summed E-state index contributed by atoms with van der Waals surface area (Å²) in [6.07, 6.45) is 6.84. The van der Waals surface area contributed by atoms with Crippen molar-refractivity contribution in [1.29, 1.82) is 5.26 Å². The summed E-state index contributed by atoms with van der Waals surface area (Å²) in [5.74, 6) is 0. The first-order chi connectivity index (χ1) is 7.26. The maximum atomic E-state index is 9.14. The van der Waals surface area contributed by atoms with E-state index in [1.807, 2.05) is 19.2 Å². The van der Waals surface area contributed by atoms with Crippen molar-refractivity contribution in [2.75, 3.05) is 18.5 Å². The first-order valence-corrected chi connectivity index (χ1v) is 5.28. The van der Waals surface area contributed by atoms with Gasteiger partial charge in [0.1, 0.15) is 0 Å². The molecular formula is C12H15N3. The molecule has 0 aromatic carbocycles. The molecule has 3 heteroatoms. The van der Waals surface area contributed by atoms with E-state index in [9.17, 15) is 0 Å². The van der Waals surface area contributed by atoms with Crippen LogP contribution < -0.4 is 4.90 Å². The van der Waals surface area contributed by atoms with Crippen molar-refractivity contribution in [3.05, 3.63) is 24.5 Å². The van der Waals surface area contributed by atoms with Gasteiger partial charge in [-0.3, -0.25) is 4.98 Å². The van der Waals surface area contributed by atoms with E-state index < -0.39 is 0 Å². The molecule has 1 aromatic rings. The van der Waals surface area contributed by atoms with E-state index in [1.54, 1.807) is 12.4 Å². The fraction of sp³-hybridized carbons (Fsp3) is 0.500. The second-order valence-corrected chi connectivity index (χ2v) is 4.31. The molecule has 0 aliphatic heterocycles. The van der Waals surface area contributed by atoms with Gasteiger partial charge in [0.05, 0.1) is 11.5 Å². The van der Waals surface area contributed by atoms with Crippen LogP contribution in [-0.4, -0.2) is 18.6 Å². The average Bonchev–Trinajstić information content (AvgIpc) is 2.24. The average molecular weight is 201 g/mol. The van der Waals surface area contributed by atoms with Crippen LogP contribution in [0.1, 0.15) is 19.3 Å². The topological polar surface area (TPSA) is 39.9 Å². The Kier molecular flexibility index (Phi) is 2.59. The third-order valence-electron chi connectivity index (χ3n) is 3.19. The Morgan fingerprint density at radius 2 is 2.13 bits per heavy atom. The molecule has 0 N–H and O–H groups in total. The minimum absolute atomic E-state index is 0.0992. The van der Waals surface area contributed by atoms with Gasteiger partial charge in [0, 0.05) is 31.7 Å². The van der Waals surface area contributed by atoms with Crippen molar-refractivity contribution in [2.45, 2.75) is 19.3 Å². The molecule has 0 bridgehead atoms. The highest BCUT2D eigenvalue weighted by Gasteiger charge is 2.38. The van der Waals surface area contributed by atoms with Gasteiger partial charge in [-0.15, -0.1) is 0 Å². The molecule has 78 valence electrons. The third-order valence-corrected chi connectivity index (χ3v) is 3.19. The summed E-state index contributed by atoms with van der Waals surface area (Å²) in [6.45, 7) is 0.827. The Balaban J connectivity index is 2.04. The second kappa shape index (κ2) is 3.90. The molecule has 0 spiro atoms. The molecule has 1 fully saturated rings. The number of hydrogen-bond acceptors (Lipinski definition) is 3. The Hall–Kier alpha value is -1.56. The van der Waals surface area contributed by atoms with Gasteiger partial charge in [-0.1, -0.05) is 6.42 Å². The van der Waals surface area contributed by atoms with Gasteiger partial charge < -0.3 is 4.90 Å². The lowest BCUT2D eigenvalue weighted by molar-refractivity contribution is 0.223. The summed E-state index contributed by atoms with van der Waals surface area (Å²) in [4.78, 5) is 6.13. The highest BCUT2D eigenvalue weighted by molar-refractivity contribution is 5.44. The lowest BCUT2D eigenvalue weighted by atomic mass is 9.69. The molecule has 1 saturated carbocycles. The quantitative estimate of drug-likeness (QED) is 0.752. The molecular weight excluding hydrogens is 186 g/mol. The predicted molar refractivity (Wildman–Crippen MR) is 59.4 cm³/mol. The van der Waals surface area contributed by atoms with Crippen LogP contribution in [0.3, 0.4) is 0 Å². The number of rotatable bonds is 3. The molecule has 1 aromatic heterocycles. The zero-order valence-electron chi connectivity index (χ0n) is 8.98. The van der Waals surface area contributed by atoms with E-state index in [2.05, 4.69) is 16.0 Å². The smallest absolute Gasteiger partial charge is 0.0748 e. The Bertz CT molecular complexity index is 362. The monoisotopic (exact) mass is 201 g/mol. The summed E-state index contributed by atoms with van der Waals surface area (Å²) < 4.78 is 0. The van der Waals surface area contributed by atoms with Gasteiger partial charge in [0.25, 0.3) is 0 Å². The molecule has 3 nitrogen and oxygen atoms in total. The highest BCUT2D eigenvalue weighted by Crippen LogP contribution is 2.41. The molecule has 2 rings (SSSR count). The zero-order valence-corrected chi connectivity index (χ0v) is 8.98. The fourth-order valence-corrected chi connectivity index (χ4v) is 2.05. The maximum Gasteiger partial charge on any atom is 0.0748 e. The molecule has 0 amide bonds. The number of aromatic nitrogens is 1. The Morgan fingerprint density at radius 3 is 2.60 bits per heavy atom. The van der Waals surface area contributed by atoms with Crippen LogP contribution in [0.25, 0.3) is 0 Å². The molecule has 0 saturated heterocycles. The molecule has 15 heavy (non-hydrogen) atoms. The third kappa shape index (κ3) is 1.94. The first-order valence-electron chi connectivity index (χ1n) is 5.28. The van der Waals surface area contributed by atoms with E-state index in [0.29, 0.717) is 0 Å². The van der Waals surface area contributed by atoms with Crippen molar-refractivity contribution < 1.29 is 0 Å². The van der Waals surface area contributed by atoms with Crippen molar-refractivity contribution >= 4 is 5.69 Å². The van der Waals surface area contributed by atoms with Crippen LogP contribution >= 0.6 is 0 Å². The predicted octanol–water partition coefficient (Wildman–Crippen LogP) is 2.21. The molecule has 1 heterocycles. The maximum absolute atomic E-state index is 9.14. The number of nitriles is 1. The van der Waals surface area contributed by atoms with Gasteiger partial charge in [-0.05, 0) is 25.0 Å². The van der Waals surface area contributed by atoms with E-state index in [4.69, 9.17) is 5.26 Å². The van der Waals surface area contributed by atoms with Crippen LogP contribution in [0.4, 0.5) is 5.69 Å². The SMILES string of the molecule is CN(CC1(C#N)CCC1)c1ccncc1. The summed E-state index contributed by atoms with van der Waals surface area (Å²) in [5, 5.41) is 9.14. The highest BCUT2D eigenvalue weighted by atomic mass is 15.1. The summed E-state index contributed by atoms with van der Waals surface area (Å²) in [6, 6.07) is 6.41. The lowest BCUT2D eigenvalue weighted by Gasteiger charge is -2.38. The van der Waals surface area contributed by atoms with E-state index in [-0.39, 0.29) is 5.41 Å². The Labute approximate surface area is 90.4 Å². The van der Waals surface area contributed by atoms with Crippen molar-refractivity contribution in [2.24, 2.45) is 5.41 Å². The molecule has 1 aliphatic rings. The molecule has 1 aliphatic carbocycles. The van der Waals surface area contributed by atoms with Gasteiger partial charge in [-0.25, -0.2) is 0 Å². The lowest BCUT2D eigenvalue weighted by Crippen LogP contribution is -2.39. The standard InChI is InChI=1S/C12H15N3/c1-15(11-3-7-14-8-4-11)10-12(9-13)5-2-6-12/h3-4,7-8H,2,5-6,10H2,1H3. The van der Waals surface area contributed by atoms with Crippen LogP contribution in [0, 0.1) is 16.7 Å². The summed E-state index contributed by atoms with van der Waals surface area (Å²) >= 11 is 0. The van der Waals surface area contributed by atoms with Crippen LogP contribution in [0.15, 0.2) is 24.5 Å². The van der Waals surface area contributed by atoms with E-state index in [0.717, 1.165) is 25.1 Å². The zero-order chi connectivity index (χ0) is 10.7. The number of nitrogens with zero attached hydrogens (tertiary/aromatic N) is 3. The van der Waals surface area contributed by atoms with Gasteiger partial charge >= 0.3 is 0 Å². The fourth-order valence-electron chi connectivity index (χ4n) is 2.05. The first kappa shape index (κ1) is 9.97. The van der Waals surface area contributed by atoms with Crippen LogP contribution in [-0.2, 0) is 0 Å². The number of hydrogen-bond donors (Lipinski definition) is 0. The second-order valence-electron chi connectivity index (χ2n) is 4.31. The van der Waals surface area contributed by atoms with Crippen molar-refractivity contribution in [3.63, 3.8) is 0 Å². The number of pyridine rings is 1. The van der Waals surface area contributed by atoms with E-state index in [1.165, 1.54) is 6.42 Å². The molecule has 0 atom stereocenters. The van der Waals surface area contributed by atoms with Crippen molar-refractivity contribution in [1.82, 2.24) is 4.98 Å². The normalized spacial score (nSPS) is 17.6. The number of anilines is 1. The molecule has 0 radical (unpaired) electrons. The minimum Gasteiger partial charge on any atom is -0.373 e. The largest absolute Gasteiger partial charge is 0.373 e. The van der Waals surface area contributed by atoms with E-state index >= 15 is 0 Å². The van der Waals surface area contributed by atoms with Gasteiger partial charge in [0.2, 0.25) is 0 Å². The van der Waals surface area contributed by atoms with Gasteiger partial charge in [0.15, 0.2) is 0 Å². The Morgan fingerprint density at radius 1 is 1.47 bits per heavy atom.